The van der Waals surface area contributed by atoms with Gasteiger partial charge in [0.25, 0.3) is 10.1 Å². The van der Waals surface area contributed by atoms with Gasteiger partial charge in [-0.05, 0) is 6.42 Å². The fourth-order valence-corrected chi connectivity index (χ4v) is 4.53. The first kappa shape index (κ1) is 17.2. The van der Waals surface area contributed by atoms with Crippen molar-refractivity contribution in [1.82, 2.24) is 0 Å². The second kappa shape index (κ2) is 5.43. The summed E-state index contributed by atoms with van der Waals surface area (Å²) >= 11 is 0. The third-order valence-electron chi connectivity index (χ3n) is 3.97. The molecule has 12 heteroatoms. The average Bonchev–Trinajstić information content (AvgIpc) is 3.07. The van der Waals surface area contributed by atoms with Gasteiger partial charge in [0.1, 0.15) is 23.0 Å². The summed E-state index contributed by atoms with van der Waals surface area (Å²) in [6.07, 6.45) is -8.34. The molecule has 0 aromatic rings. The molecule has 134 valence electrons. The maximum absolute atomic E-state index is 12.2. The van der Waals surface area contributed by atoms with Crippen molar-refractivity contribution < 1.29 is 49.6 Å². The lowest BCUT2D eigenvalue weighted by atomic mass is 9.94. The Bertz CT molecular complexity index is 700. The minimum atomic E-state index is -4.97. The maximum Gasteiger partial charge on any atom is 0.422 e. The van der Waals surface area contributed by atoms with E-state index in [-0.39, 0.29) is 6.42 Å². The van der Waals surface area contributed by atoms with Crippen molar-refractivity contribution in [3.05, 3.63) is 12.2 Å². The first-order valence-corrected chi connectivity index (χ1v) is 8.18. The SMILES string of the molecule is C=C(C(=O)OCC(=O)OC1C2CC3C(O2)C1OS3(=O)=O)C(F)(F)F. The Morgan fingerprint density at radius 3 is 2.54 bits per heavy atom. The van der Waals surface area contributed by atoms with E-state index in [1.165, 1.54) is 0 Å². The lowest BCUT2D eigenvalue weighted by molar-refractivity contribution is -0.168. The van der Waals surface area contributed by atoms with Crippen LogP contribution in [0.25, 0.3) is 0 Å². The second-order valence-electron chi connectivity index (χ2n) is 5.47. The van der Waals surface area contributed by atoms with E-state index >= 15 is 0 Å². The number of alkyl halides is 3. The smallest absolute Gasteiger partial charge is 0.422 e. The molecule has 0 aromatic carbocycles. The van der Waals surface area contributed by atoms with E-state index in [0.29, 0.717) is 0 Å². The van der Waals surface area contributed by atoms with Gasteiger partial charge < -0.3 is 14.2 Å². The summed E-state index contributed by atoms with van der Waals surface area (Å²) in [7, 11) is -3.79. The van der Waals surface area contributed by atoms with Gasteiger partial charge in [0.05, 0.1) is 6.10 Å². The topological polar surface area (TPSA) is 105 Å². The molecule has 0 amide bonds. The van der Waals surface area contributed by atoms with Crippen LogP contribution in [0.2, 0.25) is 0 Å². The molecule has 0 saturated carbocycles. The van der Waals surface area contributed by atoms with E-state index in [2.05, 4.69) is 11.3 Å². The summed E-state index contributed by atoms with van der Waals surface area (Å²) in [5, 5.41) is -0.810. The largest absolute Gasteiger partial charge is 0.454 e. The van der Waals surface area contributed by atoms with Crippen molar-refractivity contribution in [2.75, 3.05) is 6.61 Å². The van der Waals surface area contributed by atoms with Gasteiger partial charge in [-0.3, -0.25) is 4.18 Å². The van der Waals surface area contributed by atoms with E-state index in [1.54, 1.807) is 0 Å². The predicted molar refractivity (Wildman–Crippen MR) is 66.9 cm³/mol. The van der Waals surface area contributed by atoms with Crippen LogP contribution in [-0.2, 0) is 38.1 Å². The fraction of sp³-hybridized carbons (Fsp3) is 0.667. The quantitative estimate of drug-likeness (QED) is 0.380. The van der Waals surface area contributed by atoms with Crippen LogP contribution < -0.4 is 0 Å². The lowest BCUT2D eigenvalue weighted by Gasteiger charge is -2.21. The zero-order chi connectivity index (χ0) is 17.9. The lowest BCUT2D eigenvalue weighted by Crippen LogP contribution is -2.42. The predicted octanol–water partition coefficient (Wildman–Crippen LogP) is -0.172. The number of carbonyl (C=O) groups excluding carboxylic acids is 2. The first-order valence-electron chi connectivity index (χ1n) is 6.71. The molecule has 5 atom stereocenters. The summed E-state index contributed by atoms with van der Waals surface area (Å²) in [6.45, 7) is 1.45. The van der Waals surface area contributed by atoms with Crippen LogP contribution in [0.4, 0.5) is 13.2 Å². The molecule has 0 spiro atoms. The Kier molecular flexibility index (Phi) is 3.88. The number of ether oxygens (including phenoxy) is 3. The summed E-state index contributed by atoms with van der Waals surface area (Å²) in [5.41, 5.74) is -1.76. The monoisotopic (exact) mass is 372 g/mol. The van der Waals surface area contributed by atoms with E-state index in [4.69, 9.17) is 13.7 Å². The van der Waals surface area contributed by atoms with Gasteiger partial charge in [-0.15, -0.1) is 0 Å². The van der Waals surface area contributed by atoms with E-state index < -0.39 is 70.1 Å². The van der Waals surface area contributed by atoms with E-state index in [1.807, 2.05) is 0 Å². The van der Waals surface area contributed by atoms with Crippen LogP contribution in [0, 0.1) is 0 Å². The highest BCUT2D eigenvalue weighted by Gasteiger charge is 2.67. The maximum atomic E-state index is 12.2. The Hall–Kier alpha value is -1.66. The minimum Gasteiger partial charge on any atom is -0.454 e. The Morgan fingerprint density at radius 1 is 1.25 bits per heavy atom. The molecule has 0 N–H and O–H groups in total. The zero-order valence-electron chi connectivity index (χ0n) is 11.8. The van der Waals surface area contributed by atoms with E-state index in [9.17, 15) is 31.2 Å². The Morgan fingerprint density at radius 2 is 1.92 bits per heavy atom. The normalized spacial score (nSPS) is 35.7. The van der Waals surface area contributed by atoms with Crippen molar-refractivity contribution >= 4 is 22.1 Å². The summed E-state index contributed by atoms with van der Waals surface area (Å²) in [5.74, 6) is -2.95. The van der Waals surface area contributed by atoms with Crippen LogP contribution >= 0.6 is 0 Å². The van der Waals surface area contributed by atoms with Crippen LogP contribution in [0.3, 0.4) is 0 Å². The van der Waals surface area contributed by atoms with Gasteiger partial charge in [-0.25, -0.2) is 9.59 Å². The molecule has 2 bridgehead atoms. The number of hydrogen-bond donors (Lipinski definition) is 0. The number of esters is 2. The number of hydrogen-bond acceptors (Lipinski definition) is 8. The molecule has 24 heavy (non-hydrogen) atoms. The highest BCUT2D eigenvalue weighted by atomic mass is 32.2. The molecule has 3 rings (SSSR count). The number of carbonyl (C=O) groups is 2. The molecule has 0 radical (unpaired) electrons. The van der Waals surface area contributed by atoms with Gasteiger partial charge >= 0.3 is 18.1 Å². The molecular weight excluding hydrogens is 361 g/mol. The summed E-state index contributed by atoms with van der Waals surface area (Å²) in [4.78, 5) is 22.7. The van der Waals surface area contributed by atoms with Crippen LogP contribution in [0.15, 0.2) is 12.2 Å². The molecule has 5 unspecified atom stereocenters. The summed E-state index contributed by atoms with van der Waals surface area (Å²) < 4.78 is 79.3. The van der Waals surface area contributed by atoms with Crippen LogP contribution in [0.1, 0.15) is 6.42 Å². The highest BCUT2D eigenvalue weighted by Crippen LogP contribution is 2.47. The van der Waals surface area contributed by atoms with Crippen molar-refractivity contribution in [3.63, 3.8) is 0 Å². The molecule has 3 saturated heterocycles. The number of fused-ring (bicyclic) bond motifs is 1. The Labute approximate surface area is 133 Å². The zero-order valence-corrected chi connectivity index (χ0v) is 12.6. The van der Waals surface area contributed by atoms with Crippen molar-refractivity contribution in [1.29, 1.82) is 0 Å². The number of rotatable bonds is 4. The molecule has 3 heterocycles. The fourth-order valence-electron chi connectivity index (χ4n) is 2.88. The molecular formula is C12H11F3O8S. The molecule has 0 aromatic heterocycles. The third-order valence-corrected chi connectivity index (χ3v) is 5.66. The van der Waals surface area contributed by atoms with Gasteiger partial charge in [-0.1, -0.05) is 6.58 Å². The van der Waals surface area contributed by atoms with Gasteiger partial charge in [-0.2, -0.15) is 21.6 Å². The molecule has 3 aliphatic heterocycles. The average molecular weight is 372 g/mol. The first-order chi connectivity index (χ1) is 11.0. The Balaban J connectivity index is 1.54. The molecule has 8 nitrogen and oxygen atoms in total. The van der Waals surface area contributed by atoms with Crippen LogP contribution in [-0.4, -0.2) is 62.8 Å². The molecule has 3 aliphatic rings. The standard InChI is InChI=1S/C12H11F3O8S/c1-4(12(13,14)15)11(17)20-3-7(16)22-8-5-2-6-9(21-5)10(8)23-24(6,18)19/h5-6,8-10H,1-3H2. The minimum absolute atomic E-state index is 0.0894. The third kappa shape index (κ3) is 2.78. The summed E-state index contributed by atoms with van der Waals surface area (Å²) in [6, 6.07) is 0. The van der Waals surface area contributed by atoms with Gasteiger partial charge in [0, 0.05) is 0 Å². The van der Waals surface area contributed by atoms with Crippen molar-refractivity contribution in [2.24, 2.45) is 0 Å². The van der Waals surface area contributed by atoms with Gasteiger partial charge in [0.2, 0.25) is 0 Å². The van der Waals surface area contributed by atoms with Crippen LogP contribution in [0.5, 0.6) is 0 Å². The number of halogens is 3. The second-order valence-corrected chi connectivity index (χ2v) is 7.26. The van der Waals surface area contributed by atoms with Gasteiger partial charge in [0.15, 0.2) is 12.7 Å². The van der Waals surface area contributed by atoms with Crippen molar-refractivity contribution in [3.8, 4) is 0 Å². The molecule has 0 aliphatic carbocycles. The van der Waals surface area contributed by atoms with Crippen molar-refractivity contribution in [2.45, 2.75) is 42.3 Å². The molecule has 3 fully saturated rings. The van der Waals surface area contributed by atoms with E-state index in [0.717, 1.165) is 0 Å². The highest BCUT2D eigenvalue weighted by molar-refractivity contribution is 7.87.